The first-order valence-electron chi connectivity index (χ1n) is 6.14. The van der Waals surface area contributed by atoms with Gasteiger partial charge in [0.15, 0.2) is 5.69 Å². The van der Waals surface area contributed by atoms with E-state index in [9.17, 15) is 18.0 Å². The van der Waals surface area contributed by atoms with Crippen molar-refractivity contribution < 1.29 is 18.0 Å². The van der Waals surface area contributed by atoms with E-state index in [0.717, 1.165) is 0 Å². The summed E-state index contributed by atoms with van der Waals surface area (Å²) in [6, 6.07) is 0. The molecule has 5 nitrogen and oxygen atoms in total. The number of carbonyl (C=O) groups is 1. The Morgan fingerprint density at radius 3 is 2.50 bits per heavy atom. The van der Waals surface area contributed by atoms with Crippen molar-refractivity contribution in [2.45, 2.75) is 32.9 Å². The number of nitrogen functional groups attached to an aromatic ring is 1. The third-order valence-corrected chi connectivity index (χ3v) is 2.59. The van der Waals surface area contributed by atoms with Crippen LogP contribution in [0.1, 0.15) is 43.0 Å². The lowest BCUT2D eigenvalue weighted by molar-refractivity contribution is -0.140. The number of alkyl halides is 3. The maximum absolute atomic E-state index is 12.4. The highest BCUT2D eigenvalue weighted by molar-refractivity contribution is 5.97. The molecule has 1 heterocycles. The number of hydrogen-bond donors (Lipinski definition) is 1. The molecule has 0 atom stereocenters. The molecule has 0 aromatic carbocycles. The van der Waals surface area contributed by atoms with E-state index in [1.807, 2.05) is 13.8 Å². The van der Waals surface area contributed by atoms with Gasteiger partial charge in [0.05, 0.1) is 11.9 Å². The number of carbonyl (C=O) groups excluding carboxylic acids is 1. The van der Waals surface area contributed by atoms with Gasteiger partial charge in [0.1, 0.15) is 12.4 Å². The minimum atomic E-state index is -4.46. The van der Waals surface area contributed by atoms with Gasteiger partial charge in [-0.1, -0.05) is 13.8 Å². The van der Waals surface area contributed by atoms with Crippen molar-refractivity contribution in [1.29, 1.82) is 0 Å². The monoisotopic (exact) mass is 290 g/mol. The molecule has 0 bridgehead atoms. The van der Waals surface area contributed by atoms with Crippen LogP contribution in [0.15, 0.2) is 6.20 Å². The van der Waals surface area contributed by atoms with E-state index in [0.29, 0.717) is 10.7 Å². The van der Waals surface area contributed by atoms with Crippen LogP contribution in [0.3, 0.4) is 0 Å². The number of anilines is 1. The Bertz CT molecular complexity index is 488. The van der Waals surface area contributed by atoms with Crippen LogP contribution in [0.4, 0.5) is 18.9 Å². The number of amides is 1. The lowest BCUT2D eigenvalue weighted by Crippen LogP contribution is -2.39. The number of aromatic nitrogens is 2. The van der Waals surface area contributed by atoms with Gasteiger partial charge >= 0.3 is 6.18 Å². The summed E-state index contributed by atoms with van der Waals surface area (Å²) >= 11 is 0. The molecule has 1 amide bonds. The van der Waals surface area contributed by atoms with Crippen LogP contribution >= 0.6 is 0 Å². The minimum absolute atomic E-state index is 0.0278. The van der Waals surface area contributed by atoms with E-state index >= 15 is 0 Å². The van der Waals surface area contributed by atoms with Crippen molar-refractivity contribution in [2.24, 2.45) is 0 Å². The maximum atomic E-state index is 12.4. The summed E-state index contributed by atoms with van der Waals surface area (Å²) in [5.41, 5.74) is 5.38. The molecule has 112 valence electrons. The van der Waals surface area contributed by atoms with Gasteiger partial charge in [-0.05, 0) is 6.92 Å². The normalized spacial score (nSPS) is 11.8. The van der Waals surface area contributed by atoms with E-state index in [-0.39, 0.29) is 23.8 Å². The molecule has 0 radical (unpaired) electrons. The number of rotatable bonds is 4. The van der Waals surface area contributed by atoms with Crippen molar-refractivity contribution in [3.8, 4) is 0 Å². The topological polar surface area (TPSA) is 72.1 Å². The van der Waals surface area contributed by atoms with Gasteiger partial charge in [0, 0.05) is 12.5 Å². The number of nitrogens with zero attached hydrogens (tertiary/aromatic N) is 3. The average Bonchev–Trinajstić information content (AvgIpc) is 2.34. The van der Waals surface area contributed by atoms with E-state index in [2.05, 4.69) is 9.97 Å². The van der Waals surface area contributed by atoms with Crippen molar-refractivity contribution in [2.75, 3.05) is 18.8 Å². The average molecular weight is 290 g/mol. The first-order valence-corrected chi connectivity index (χ1v) is 6.14. The maximum Gasteiger partial charge on any atom is 0.406 e. The third-order valence-electron chi connectivity index (χ3n) is 2.59. The molecule has 0 aliphatic rings. The van der Waals surface area contributed by atoms with E-state index < -0.39 is 18.6 Å². The highest BCUT2D eigenvalue weighted by atomic mass is 19.4. The molecule has 0 spiro atoms. The van der Waals surface area contributed by atoms with Crippen molar-refractivity contribution in [3.63, 3.8) is 0 Å². The molecule has 8 heteroatoms. The summed E-state index contributed by atoms with van der Waals surface area (Å²) in [7, 11) is 0. The molecule has 0 fully saturated rings. The Labute approximate surface area is 115 Å². The first-order chi connectivity index (χ1) is 9.15. The summed E-state index contributed by atoms with van der Waals surface area (Å²) < 4.78 is 37.3. The van der Waals surface area contributed by atoms with E-state index in [4.69, 9.17) is 5.73 Å². The molecule has 20 heavy (non-hydrogen) atoms. The fourth-order valence-corrected chi connectivity index (χ4v) is 1.55. The smallest absolute Gasteiger partial charge is 0.396 e. The van der Waals surface area contributed by atoms with Gasteiger partial charge in [0.2, 0.25) is 0 Å². The number of hydrogen-bond acceptors (Lipinski definition) is 4. The summed E-state index contributed by atoms with van der Waals surface area (Å²) in [4.78, 5) is 20.7. The zero-order valence-electron chi connectivity index (χ0n) is 11.5. The summed E-state index contributed by atoms with van der Waals surface area (Å²) in [6.07, 6.45) is -3.22. The minimum Gasteiger partial charge on any atom is -0.396 e. The van der Waals surface area contributed by atoms with Gasteiger partial charge in [-0.2, -0.15) is 13.2 Å². The number of nitrogens with two attached hydrogens (primary N) is 1. The molecular weight excluding hydrogens is 273 g/mol. The highest BCUT2D eigenvalue weighted by Crippen LogP contribution is 2.20. The van der Waals surface area contributed by atoms with Crippen LogP contribution in [-0.2, 0) is 0 Å². The summed E-state index contributed by atoms with van der Waals surface area (Å²) in [5.74, 6) is -0.530. The second-order valence-electron chi connectivity index (χ2n) is 4.62. The molecule has 0 unspecified atom stereocenters. The van der Waals surface area contributed by atoms with Gasteiger partial charge in [-0.15, -0.1) is 0 Å². The third kappa shape index (κ3) is 4.07. The molecule has 1 rings (SSSR count). The van der Waals surface area contributed by atoms with Gasteiger partial charge in [-0.3, -0.25) is 4.79 Å². The molecule has 0 saturated heterocycles. The van der Waals surface area contributed by atoms with Crippen LogP contribution in [0.5, 0.6) is 0 Å². The largest absolute Gasteiger partial charge is 0.406 e. The van der Waals surface area contributed by atoms with Crippen LogP contribution in [0.2, 0.25) is 0 Å². The molecular formula is C12H17F3N4O. The SMILES string of the molecule is CCN(CC(F)(F)F)C(=O)c1nc(C(C)C)ncc1N. The zero-order chi connectivity index (χ0) is 15.5. The van der Waals surface area contributed by atoms with Gasteiger partial charge in [-0.25, -0.2) is 9.97 Å². The Morgan fingerprint density at radius 1 is 1.45 bits per heavy atom. The van der Waals surface area contributed by atoms with Crippen molar-refractivity contribution >= 4 is 11.6 Å². The predicted octanol–water partition coefficient (Wildman–Crippen LogP) is 2.21. The standard InChI is InChI=1S/C12H17F3N4O/c1-4-19(6-12(13,14)15)11(20)9-8(16)5-17-10(18-9)7(2)3/h5,7H,4,6,16H2,1-3H3. The summed E-state index contributed by atoms with van der Waals surface area (Å²) in [6.45, 7) is 3.67. The lowest BCUT2D eigenvalue weighted by Gasteiger charge is -2.22. The Hall–Kier alpha value is -1.86. The molecule has 0 saturated carbocycles. The molecule has 1 aromatic heterocycles. The molecule has 0 aliphatic heterocycles. The van der Waals surface area contributed by atoms with E-state index in [1.54, 1.807) is 0 Å². The molecule has 0 aliphatic carbocycles. The Balaban J connectivity index is 3.09. The predicted molar refractivity (Wildman–Crippen MR) is 68.2 cm³/mol. The van der Waals surface area contributed by atoms with Crippen molar-refractivity contribution in [3.05, 3.63) is 17.7 Å². The molecule has 1 aromatic rings. The fraction of sp³-hybridized carbons (Fsp3) is 0.583. The lowest BCUT2D eigenvalue weighted by atomic mass is 10.2. The van der Waals surface area contributed by atoms with Crippen LogP contribution in [0.25, 0.3) is 0 Å². The van der Waals surface area contributed by atoms with Crippen molar-refractivity contribution in [1.82, 2.24) is 14.9 Å². The quantitative estimate of drug-likeness (QED) is 0.922. The first kappa shape index (κ1) is 16.2. The Kier molecular flexibility index (Phi) is 4.91. The number of halogens is 3. The van der Waals surface area contributed by atoms with Crippen LogP contribution in [0, 0.1) is 0 Å². The fourth-order valence-electron chi connectivity index (χ4n) is 1.55. The van der Waals surface area contributed by atoms with Gasteiger partial charge in [0.25, 0.3) is 5.91 Å². The van der Waals surface area contributed by atoms with Gasteiger partial charge < -0.3 is 10.6 Å². The van der Waals surface area contributed by atoms with E-state index in [1.165, 1.54) is 13.1 Å². The van der Waals surface area contributed by atoms with Crippen LogP contribution in [-0.4, -0.2) is 40.0 Å². The Morgan fingerprint density at radius 2 is 2.05 bits per heavy atom. The second-order valence-corrected chi connectivity index (χ2v) is 4.62. The summed E-state index contributed by atoms with van der Waals surface area (Å²) in [5, 5.41) is 0. The zero-order valence-corrected chi connectivity index (χ0v) is 11.5. The molecule has 2 N–H and O–H groups in total. The highest BCUT2D eigenvalue weighted by Gasteiger charge is 2.33. The second kappa shape index (κ2) is 6.06. The van der Waals surface area contributed by atoms with Crippen LogP contribution < -0.4 is 5.73 Å².